The number of benzene rings is 1. The SMILES string of the molecule is Cc1[nH+]c2c(Cl)cccc2c(O)c1C[NH+]1CCCCC1C. The first kappa shape index (κ1) is 14.6. The number of quaternary nitrogens is 1. The fraction of sp³-hybridized carbons (Fsp3) is 0.471. The minimum absolute atomic E-state index is 0.383. The largest absolute Gasteiger partial charge is 0.506 e. The molecule has 2 heterocycles. The number of nitrogens with one attached hydrogen (secondary N) is 2. The molecule has 1 saturated heterocycles. The lowest BCUT2D eigenvalue weighted by atomic mass is 10.0. The Morgan fingerprint density at radius 3 is 2.95 bits per heavy atom. The maximum absolute atomic E-state index is 10.7. The minimum Gasteiger partial charge on any atom is -0.506 e. The predicted octanol–water partition coefficient (Wildman–Crippen LogP) is 2.28. The zero-order valence-corrected chi connectivity index (χ0v) is 13.4. The minimum atomic E-state index is 0.383. The molecule has 0 spiro atoms. The van der Waals surface area contributed by atoms with Crippen LogP contribution in [0.25, 0.3) is 10.9 Å². The molecule has 2 unspecified atom stereocenters. The highest BCUT2D eigenvalue weighted by atomic mass is 35.5. The number of aryl methyl sites for hydroxylation is 1. The second kappa shape index (κ2) is 5.82. The Morgan fingerprint density at radius 1 is 1.38 bits per heavy atom. The Morgan fingerprint density at radius 2 is 2.19 bits per heavy atom. The van der Waals surface area contributed by atoms with Crippen molar-refractivity contribution in [3.05, 3.63) is 34.5 Å². The summed E-state index contributed by atoms with van der Waals surface area (Å²) in [6.45, 7) is 6.39. The van der Waals surface area contributed by atoms with Crippen molar-refractivity contribution in [1.29, 1.82) is 0 Å². The summed E-state index contributed by atoms with van der Waals surface area (Å²) in [5, 5.41) is 12.1. The number of aromatic hydroxyl groups is 1. The van der Waals surface area contributed by atoms with Crippen molar-refractivity contribution in [3.8, 4) is 5.75 Å². The summed E-state index contributed by atoms with van der Waals surface area (Å²) >= 11 is 6.22. The molecule has 0 amide bonds. The molecule has 3 nitrogen and oxygen atoms in total. The number of aromatic amines is 1. The summed E-state index contributed by atoms with van der Waals surface area (Å²) in [6.07, 6.45) is 3.88. The summed E-state index contributed by atoms with van der Waals surface area (Å²) in [4.78, 5) is 4.93. The Hall–Kier alpha value is -1.32. The van der Waals surface area contributed by atoms with Gasteiger partial charge in [-0.15, -0.1) is 0 Å². The van der Waals surface area contributed by atoms with E-state index < -0.39 is 0 Å². The Balaban J connectivity index is 2.02. The molecule has 1 fully saturated rings. The van der Waals surface area contributed by atoms with Crippen LogP contribution >= 0.6 is 11.6 Å². The molecule has 0 bridgehead atoms. The van der Waals surface area contributed by atoms with Crippen LogP contribution in [-0.2, 0) is 6.54 Å². The number of pyridine rings is 1. The van der Waals surface area contributed by atoms with Crippen LogP contribution in [0.4, 0.5) is 0 Å². The number of fused-ring (bicyclic) bond motifs is 1. The van der Waals surface area contributed by atoms with E-state index in [2.05, 4.69) is 11.9 Å². The van der Waals surface area contributed by atoms with E-state index in [0.29, 0.717) is 16.8 Å². The van der Waals surface area contributed by atoms with E-state index in [9.17, 15) is 5.11 Å². The molecular formula is C17H23ClN2O+2. The molecule has 112 valence electrons. The molecule has 1 aliphatic heterocycles. The van der Waals surface area contributed by atoms with Crippen LogP contribution in [0.1, 0.15) is 37.4 Å². The lowest BCUT2D eigenvalue weighted by Crippen LogP contribution is -3.15. The smallest absolute Gasteiger partial charge is 0.233 e. The average molecular weight is 307 g/mol. The van der Waals surface area contributed by atoms with Gasteiger partial charge in [-0.1, -0.05) is 17.7 Å². The zero-order valence-electron chi connectivity index (χ0n) is 12.7. The Kier molecular flexibility index (Phi) is 4.05. The monoisotopic (exact) mass is 306 g/mol. The fourth-order valence-electron chi connectivity index (χ4n) is 3.41. The van der Waals surface area contributed by atoms with Gasteiger partial charge in [-0.25, -0.2) is 4.98 Å². The van der Waals surface area contributed by atoms with Crippen molar-refractivity contribution in [2.75, 3.05) is 6.54 Å². The van der Waals surface area contributed by atoms with Crippen LogP contribution in [0.5, 0.6) is 5.75 Å². The molecule has 0 radical (unpaired) electrons. The molecule has 0 saturated carbocycles. The topological polar surface area (TPSA) is 38.8 Å². The number of para-hydroxylation sites is 1. The highest BCUT2D eigenvalue weighted by Gasteiger charge is 2.27. The maximum atomic E-state index is 10.7. The van der Waals surface area contributed by atoms with Crippen molar-refractivity contribution in [1.82, 2.24) is 0 Å². The van der Waals surface area contributed by atoms with Gasteiger partial charge in [-0.3, -0.25) is 0 Å². The van der Waals surface area contributed by atoms with Crippen LogP contribution in [-0.4, -0.2) is 17.7 Å². The highest BCUT2D eigenvalue weighted by molar-refractivity contribution is 6.34. The van der Waals surface area contributed by atoms with Crippen molar-refractivity contribution in [2.45, 2.75) is 45.7 Å². The van der Waals surface area contributed by atoms with Crippen molar-refractivity contribution >= 4 is 22.5 Å². The molecule has 2 aromatic rings. The number of likely N-dealkylation sites (tertiary alicyclic amines) is 1. The molecule has 1 aromatic carbocycles. The zero-order chi connectivity index (χ0) is 15.0. The van der Waals surface area contributed by atoms with Gasteiger partial charge in [-0.05, 0) is 38.3 Å². The number of rotatable bonds is 2. The van der Waals surface area contributed by atoms with Gasteiger partial charge in [0.05, 0.1) is 18.0 Å². The quantitative estimate of drug-likeness (QED) is 0.878. The molecule has 2 atom stereocenters. The van der Waals surface area contributed by atoms with E-state index in [4.69, 9.17) is 11.6 Å². The van der Waals surface area contributed by atoms with E-state index in [1.807, 2.05) is 25.1 Å². The first-order chi connectivity index (χ1) is 10.1. The number of piperidine rings is 1. The van der Waals surface area contributed by atoms with E-state index in [1.165, 1.54) is 25.8 Å². The first-order valence-electron chi connectivity index (χ1n) is 7.74. The van der Waals surface area contributed by atoms with Crippen LogP contribution in [0.3, 0.4) is 0 Å². The van der Waals surface area contributed by atoms with Crippen LogP contribution in [0.2, 0.25) is 5.02 Å². The normalized spacial score (nSPS) is 22.6. The summed E-state index contributed by atoms with van der Waals surface area (Å²) < 4.78 is 0. The molecule has 1 aliphatic rings. The van der Waals surface area contributed by atoms with E-state index in [1.54, 1.807) is 4.90 Å². The van der Waals surface area contributed by atoms with Crippen molar-refractivity contribution < 1.29 is 15.0 Å². The van der Waals surface area contributed by atoms with Gasteiger partial charge in [-0.2, -0.15) is 0 Å². The second-order valence-electron chi connectivity index (χ2n) is 6.22. The van der Waals surface area contributed by atoms with E-state index in [-0.39, 0.29) is 0 Å². The summed E-state index contributed by atoms with van der Waals surface area (Å²) in [7, 11) is 0. The lowest BCUT2D eigenvalue weighted by Gasteiger charge is -2.30. The standard InChI is InChI=1S/C17H21ClN2O/c1-11-6-3-4-9-20(11)10-14-12(2)19-16-13(17(14)21)7-5-8-15(16)18/h5,7-8,11H,3-4,6,9-10H2,1-2H3,(H,19,21)/p+2. The van der Waals surface area contributed by atoms with E-state index in [0.717, 1.165) is 28.7 Å². The number of aromatic nitrogens is 1. The lowest BCUT2D eigenvalue weighted by molar-refractivity contribution is -0.942. The summed E-state index contributed by atoms with van der Waals surface area (Å²) in [5.74, 6) is 0.383. The van der Waals surface area contributed by atoms with Gasteiger partial charge in [0.25, 0.3) is 0 Å². The van der Waals surface area contributed by atoms with Crippen LogP contribution < -0.4 is 9.88 Å². The molecule has 1 aromatic heterocycles. The Bertz CT molecular complexity index is 671. The molecule has 3 N–H and O–H groups in total. The van der Waals surface area contributed by atoms with Gasteiger partial charge < -0.3 is 10.0 Å². The Labute approximate surface area is 130 Å². The summed E-state index contributed by atoms with van der Waals surface area (Å²) in [5.41, 5.74) is 2.85. The van der Waals surface area contributed by atoms with Crippen LogP contribution in [0.15, 0.2) is 18.2 Å². The predicted molar refractivity (Wildman–Crippen MR) is 84.8 cm³/mol. The number of hydrogen-bond acceptors (Lipinski definition) is 1. The molecule has 21 heavy (non-hydrogen) atoms. The van der Waals surface area contributed by atoms with Crippen LogP contribution in [0, 0.1) is 6.92 Å². The molecule has 3 rings (SSSR count). The maximum Gasteiger partial charge on any atom is 0.233 e. The highest BCUT2D eigenvalue weighted by Crippen LogP contribution is 2.30. The van der Waals surface area contributed by atoms with Crippen molar-refractivity contribution in [2.24, 2.45) is 0 Å². The third-order valence-corrected chi connectivity index (χ3v) is 5.12. The number of halogens is 1. The molecule has 0 aliphatic carbocycles. The van der Waals surface area contributed by atoms with E-state index >= 15 is 0 Å². The summed E-state index contributed by atoms with van der Waals surface area (Å²) in [6, 6.07) is 6.31. The molecule has 4 heteroatoms. The van der Waals surface area contributed by atoms with Gasteiger partial charge in [0.15, 0.2) is 5.69 Å². The van der Waals surface area contributed by atoms with Gasteiger partial charge in [0, 0.05) is 6.92 Å². The molecular weight excluding hydrogens is 284 g/mol. The number of H-pyrrole nitrogens is 1. The fourth-order valence-corrected chi connectivity index (χ4v) is 3.63. The van der Waals surface area contributed by atoms with Gasteiger partial charge in [0.2, 0.25) is 5.52 Å². The third-order valence-electron chi connectivity index (χ3n) is 4.81. The van der Waals surface area contributed by atoms with Crippen molar-refractivity contribution in [3.63, 3.8) is 0 Å². The average Bonchev–Trinajstić information content (AvgIpc) is 2.46. The number of hydrogen-bond donors (Lipinski definition) is 2. The second-order valence-corrected chi connectivity index (χ2v) is 6.63. The first-order valence-corrected chi connectivity index (χ1v) is 8.12. The third kappa shape index (κ3) is 2.72. The van der Waals surface area contributed by atoms with Gasteiger partial charge in [0.1, 0.15) is 22.9 Å². The van der Waals surface area contributed by atoms with Gasteiger partial charge >= 0.3 is 0 Å².